The summed E-state index contributed by atoms with van der Waals surface area (Å²) in [7, 11) is 1.45. The molecule has 10 nitrogen and oxygen atoms in total. The van der Waals surface area contributed by atoms with E-state index in [0.717, 1.165) is 6.42 Å². The van der Waals surface area contributed by atoms with Crippen molar-refractivity contribution in [3.63, 3.8) is 0 Å². The Bertz CT molecular complexity index is 1200. The molecule has 0 spiro atoms. The van der Waals surface area contributed by atoms with Crippen molar-refractivity contribution in [3.05, 3.63) is 46.1 Å². The summed E-state index contributed by atoms with van der Waals surface area (Å²) < 4.78 is 22.3. The lowest BCUT2D eigenvalue weighted by molar-refractivity contribution is 0.0515. The quantitative estimate of drug-likeness (QED) is 0.252. The lowest BCUT2D eigenvalue weighted by atomic mass is 9.98. The van der Waals surface area contributed by atoms with Crippen molar-refractivity contribution < 1.29 is 44.2 Å². The lowest BCUT2D eigenvalue weighted by Crippen LogP contribution is -2.22. The molecule has 10 heteroatoms. The number of rotatable bonds is 12. The van der Waals surface area contributed by atoms with Crippen molar-refractivity contribution in [2.24, 2.45) is 0 Å². The van der Waals surface area contributed by atoms with Crippen LogP contribution in [0.25, 0.3) is 22.3 Å². The van der Waals surface area contributed by atoms with Gasteiger partial charge in [0.2, 0.25) is 0 Å². The normalized spacial score (nSPS) is 13.0. The first kappa shape index (κ1) is 26.3. The van der Waals surface area contributed by atoms with Gasteiger partial charge in [-0.1, -0.05) is 13.3 Å². The highest BCUT2D eigenvalue weighted by Crippen LogP contribution is 2.39. The number of ether oxygens (including phenoxy) is 3. The Morgan fingerprint density at radius 2 is 1.66 bits per heavy atom. The number of benzene rings is 2. The van der Waals surface area contributed by atoms with Gasteiger partial charge in [-0.05, 0) is 18.6 Å². The molecular formula is C25H30O10. The molecule has 0 saturated carbocycles. The van der Waals surface area contributed by atoms with E-state index in [1.54, 1.807) is 12.1 Å². The average molecular weight is 491 g/mol. The Morgan fingerprint density at radius 3 is 2.29 bits per heavy atom. The van der Waals surface area contributed by atoms with E-state index in [1.165, 1.54) is 25.3 Å². The highest BCUT2D eigenvalue weighted by atomic mass is 16.5. The minimum absolute atomic E-state index is 0.0355. The molecule has 1 heterocycles. The van der Waals surface area contributed by atoms with Gasteiger partial charge in [-0.2, -0.15) is 0 Å². The zero-order valence-corrected chi connectivity index (χ0v) is 19.6. The van der Waals surface area contributed by atoms with Crippen LogP contribution in [0.3, 0.4) is 0 Å². The zero-order valence-electron chi connectivity index (χ0n) is 19.6. The van der Waals surface area contributed by atoms with E-state index in [-0.39, 0.29) is 47.2 Å². The van der Waals surface area contributed by atoms with Gasteiger partial charge in [0.25, 0.3) is 0 Å². The van der Waals surface area contributed by atoms with Crippen LogP contribution in [-0.2, 0) is 6.42 Å². The van der Waals surface area contributed by atoms with Crippen molar-refractivity contribution >= 4 is 11.0 Å². The second-order valence-electron chi connectivity index (χ2n) is 7.96. The molecule has 0 saturated heterocycles. The Hall–Kier alpha value is -3.31. The third-order valence-corrected chi connectivity index (χ3v) is 5.29. The zero-order chi connectivity index (χ0) is 25.5. The summed E-state index contributed by atoms with van der Waals surface area (Å²) >= 11 is 0. The SMILES string of the molecule is CCCc1c(-c2cc(=O)c3c(OCC(O)CO)cc(OCC(O)CO)cc3o2)ccc(OC)c1O. The molecule has 0 bridgehead atoms. The maximum absolute atomic E-state index is 13.2. The first-order valence-corrected chi connectivity index (χ1v) is 11.2. The van der Waals surface area contributed by atoms with E-state index in [9.17, 15) is 20.1 Å². The summed E-state index contributed by atoms with van der Waals surface area (Å²) in [5, 5.41) is 48.2. The Balaban J connectivity index is 2.16. The van der Waals surface area contributed by atoms with Crippen molar-refractivity contribution in [2.45, 2.75) is 32.0 Å². The van der Waals surface area contributed by atoms with Crippen LogP contribution in [0.5, 0.6) is 23.0 Å². The molecule has 2 aromatic carbocycles. The Labute approximate surface area is 201 Å². The minimum Gasteiger partial charge on any atom is -0.504 e. The summed E-state index contributed by atoms with van der Waals surface area (Å²) in [5.74, 6) is 0.710. The molecule has 0 aliphatic heterocycles. The molecule has 0 aliphatic carbocycles. The number of phenolic OH excluding ortho intramolecular Hbond substituents is 1. The molecule has 35 heavy (non-hydrogen) atoms. The molecule has 0 fully saturated rings. The molecule has 1 aromatic heterocycles. The topological polar surface area (TPSA) is 159 Å². The lowest BCUT2D eigenvalue weighted by Gasteiger charge is -2.16. The van der Waals surface area contributed by atoms with Crippen LogP contribution in [0, 0.1) is 0 Å². The summed E-state index contributed by atoms with van der Waals surface area (Å²) in [5.41, 5.74) is 0.754. The van der Waals surface area contributed by atoms with Gasteiger partial charge in [0.1, 0.15) is 53.7 Å². The van der Waals surface area contributed by atoms with E-state index in [2.05, 4.69) is 0 Å². The fraction of sp³-hybridized carbons (Fsp3) is 0.400. The maximum Gasteiger partial charge on any atom is 0.197 e. The van der Waals surface area contributed by atoms with Crippen LogP contribution < -0.4 is 19.6 Å². The number of phenols is 1. The molecule has 2 unspecified atom stereocenters. The number of hydrogen-bond donors (Lipinski definition) is 5. The fourth-order valence-electron chi connectivity index (χ4n) is 3.56. The monoisotopic (exact) mass is 490 g/mol. The third-order valence-electron chi connectivity index (χ3n) is 5.29. The number of hydrogen-bond acceptors (Lipinski definition) is 10. The number of aliphatic hydroxyl groups is 4. The summed E-state index contributed by atoms with van der Waals surface area (Å²) in [6.07, 6.45) is -1.06. The predicted molar refractivity (Wildman–Crippen MR) is 127 cm³/mol. The predicted octanol–water partition coefficient (Wildman–Crippen LogP) is 1.59. The summed E-state index contributed by atoms with van der Waals surface area (Å²) in [6, 6.07) is 7.40. The fourth-order valence-corrected chi connectivity index (χ4v) is 3.56. The van der Waals surface area contributed by atoms with Crippen molar-refractivity contribution in [3.8, 4) is 34.3 Å². The van der Waals surface area contributed by atoms with Crippen LogP contribution in [0.2, 0.25) is 0 Å². The second-order valence-corrected chi connectivity index (χ2v) is 7.96. The largest absolute Gasteiger partial charge is 0.504 e. The van der Waals surface area contributed by atoms with Gasteiger partial charge in [0.05, 0.1) is 20.3 Å². The van der Waals surface area contributed by atoms with Crippen molar-refractivity contribution in [1.82, 2.24) is 0 Å². The number of aliphatic hydroxyl groups excluding tert-OH is 4. The van der Waals surface area contributed by atoms with Crippen LogP contribution in [0.15, 0.2) is 39.5 Å². The number of methoxy groups -OCH3 is 1. The molecule has 2 atom stereocenters. The average Bonchev–Trinajstić information content (AvgIpc) is 2.86. The molecule has 0 amide bonds. The highest BCUT2D eigenvalue weighted by molar-refractivity contribution is 5.87. The van der Waals surface area contributed by atoms with Gasteiger partial charge in [0, 0.05) is 29.3 Å². The second kappa shape index (κ2) is 11.9. The molecule has 3 rings (SSSR count). The third kappa shape index (κ3) is 6.04. The van der Waals surface area contributed by atoms with Gasteiger partial charge in [-0.25, -0.2) is 0 Å². The first-order chi connectivity index (χ1) is 16.8. The summed E-state index contributed by atoms with van der Waals surface area (Å²) in [6.45, 7) is 0.408. The Kier molecular flexibility index (Phi) is 8.94. The summed E-state index contributed by atoms with van der Waals surface area (Å²) in [4.78, 5) is 13.2. The molecule has 190 valence electrons. The van der Waals surface area contributed by atoms with E-state index in [4.69, 9.17) is 28.8 Å². The molecule has 0 radical (unpaired) electrons. The van der Waals surface area contributed by atoms with Crippen molar-refractivity contribution in [2.75, 3.05) is 33.5 Å². The van der Waals surface area contributed by atoms with Crippen LogP contribution in [0.1, 0.15) is 18.9 Å². The molecule has 0 aliphatic rings. The maximum atomic E-state index is 13.2. The van der Waals surface area contributed by atoms with Crippen LogP contribution in [0.4, 0.5) is 0 Å². The molecule has 5 N–H and O–H groups in total. The first-order valence-electron chi connectivity index (χ1n) is 11.2. The van der Waals surface area contributed by atoms with E-state index in [1.807, 2.05) is 6.92 Å². The van der Waals surface area contributed by atoms with Crippen LogP contribution in [-0.4, -0.2) is 71.3 Å². The highest BCUT2D eigenvalue weighted by Gasteiger charge is 2.20. The van der Waals surface area contributed by atoms with Crippen LogP contribution >= 0.6 is 0 Å². The van der Waals surface area contributed by atoms with Gasteiger partial charge >= 0.3 is 0 Å². The minimum atomic E-state index is -1.17. The Morgan fingerprint density at radius 1 is 0.971 bits per heavy atom. The van der Waals surface area contributed by atoms with E-state index in [0.29, 0.717) is 23.3 Å². The van der Waals surface area contributed by atoms with Gasteiger partial charge in [0.15, 0.2) is 16.9 Å². The smallest absolute Gasteiger partial charge is 0.197 e. The van der Waals surface area contributed by atoms with Gasteiger partial charge in [-0.15, -0.1) is 0 Å². The van der Waals surface area contributed by atoms with E-state index < -0.39 is 30.9 Å². The van der Waals surface area contributed by atoms with Crippen molar-refractivity contribution in [1.29, 1.82) is 0 Å². The standard InChI is InChI=1S/C25H30O10/c1-3-4-18-17(5-6-20(32-2)25(18)31)21-9-19(30)24-22(34-13-15(29)11-27)7-16(8-23(24)35-21)33-12-14(28)10-26/h5-9,14-15,26-29,31H,3-4,10-13H2,1-2H3. The van der Waals surface area contributed by atoms with Gasteiger partial charge < -0.3 is 44.2 Å². The molecular weight excluding hydrogens is 460 g/mol. The van der Waals surface area contributed by atoms with Gasteiger partial charge in [-0.3, -0.25) is 4.79 Å². The molecule has 3 aromatic rings. The number of aromatic hydroxyl groups is 1. The number of fused-ring (bicyclic) bond motifs is 1. The van der Waals surface area contributed by atoms with E-state index >= 15 is 0 Å².